The van der Waals surface area contributed by atoms with Crippen molar-refractivity contribution in [2.45, 2.75) is 0 Å². The molecule has 0 saturated heterocycles. The maximum Gasteiger partial charge on any atom is 0.342 e. The van der Waals surface area contributed by atoms with Gasteiger partial charge in [0.1, 0.15) is 5.57 Å². The van der Waals surface area contributed by atoms with E-state index in [0.29, 0.717) is 0 Å². The van der Waals surface area contributed by atoms with Crippen LogP contribution in [0.1, 0.15) is 10.4 Å². The van der Waals surface area contributed by atoms with Crippen LogP contribution in [0.3, 0.4) is 0 Å². The van der Waals surface area contributed by atoms with E-state index in [1.165, 1.54) is 12.1 Å². The number of rotatable bonds is 4. The summed E-state index contributed by atoms with van der Waals surface area (Å²) >= 11 is 11.8. The SMILES string of the molecule is COC(=O)/C=C(/C(=O)OC)C(=O)c1c(Cl)cccc1Cl. The Hall–Kier alpha value is -1.85. The van der Waals surface area contributed by atoms with Crippen molar-refractivity contribution in [2.24, 2.45) is 0 Å². The van der Waals surface area contributed by atoms with E-state index in [9.17, 15) is 14.4 Å². The predicted molar refractivity (Wildman–Crippen MR) is 72.9 cm³/mol. The molecule has 0 atom stereocenters. The fraction of sp³-hybridized carbons (Fsp3) is 0.154. The Bertz CT molecular complexity index is 572. The van der Waals surface area contributed by atoms with Gasteiger partial charge in [-0.05, 0) is 12.1 Å². The van der Waals surface area contributed by atoms with E-state index in [2.05, 4.69) is 9.47 Å². The number of methoxy groups -OCH3 is 2. The molecule has 0 bridgehead atoms. The van der Waals surface area contributed by atoms with Crippen molar-refractivity contribution < 1.29 is 23.9 Å². The smallest absolute Gasteiger partial charge is 0.342 e. The zero-order chi connectivity index (χ0) is 15.3. The summed E-state index contributed by atoms with van der Waals surface area (Å²) in [5, 5.41) is 0.115. The molecule has 106 valence electrons. The summed E-state index contributed by atoms with van der Waals surface area (Å²) in [5.41, 5.74) is -0.606. The number of ether oxygens (including phenoxy) is 2. The van der Waals surface area contributed by atoms with Crippen LogP contribution in [0.15, 0.2) is 29.8 Å². The van der Waals surface area contributed by atoms with E-state index in [1.54, 1.807) is 6.07 Å². The fourth-order valence-corrected chi connectivity index (χ4v) is 1.92. The molecule has 0 spiro atoms. The molecule has 5 nitrogen and oxygen atoms in total. The average molecular weight is 317 g/mol. The number of carbonyl (C=O) groups excluding carboxylic acids is 3. The van der Waals surface area contributed by atoms with Crippen molar-refractivity contribution in [3.63, 3.8) is 0 Å². The third-order valence-corrected chi connectivity index (χ3v) is 2.93. The fourth-order valence-electron chi connectivity index (χ4n) is 1.35. The molecule has 7 heteroatoms. The van der Waals surface area contributed by atoms with Gasteiger partial charge in [0.15, 0.2) is 0 Å². The molecular formula is C13H10Cl2O5. The molecule has 0 aromatic heterocycles. The Balaban J connectivity index is 3.35. The number of hydrogen-bond donors (Lipinski definition) is 0. The lowest BCUT2D eigenvalue weighted by Crippen LogP contribution is -2.17. The highest BCUT2D eigenvalue weighted by Gasteiger charge is 2.25. The number of esters is 2. The second-order valence-electron chi connectivity index (χ2n) is 3.50. The van der Waals surface area contributed by atoms with E-state index >= 15 is 0 Å². The molecule has 0 heterocycles. The van der Waals surface area contributed by atoms with Gasteiger partial charge in [-0.25, -0.2) is 9.59 Å². The number of Topliss-reactive ketones (excluding diaryl/α,β-unsaturated/α-hetero) is 1. The first-order valence-corrected chi connectivity index (χ1v) is 6.04. The van der Waals surface area contributed by atoms with Crippen LogP contribution in [0.25, 0.3) is 0 Å². The molecule has 0 aliphatic rings. The Kier molecular flexibility index (Phi) is 5.73. The highest BCUT2D eigenvalue weighted by molar-refractivity contribution is 6.43. The molecule has 0 unspecified atom stereocenters. The first kappa shape index (κ1) is 16.2. The molecule has 1 aromatic carbocycles. The molecule has 0 saturated carbocycles. The van der Waals surface area contributed by atoms with Gasteiger partial charge in [-0.3, -0.25) is 4.79 Å². The molecule has 0 fully saturated rings. The third-order valence-electron chi connectivity index (χ3n) is 2.30. The summed E-state index contributed by atoms with van der Waals surface area (Å²) in [4.78, 5) is 35.1. The summed E-state index contributed by atoms with van der Waals surface area (Å²) < 4.78 is 8.84. The van der Waals surface area contributed by atoms with Gasteiger partial charge in [-0.15, -0.1) is 0 Å². The maximum atomic E-state index is 12.3. The first-order chi connectivity index (χ1) is 9.42. The van der Waals surface area contributed by atoms with Gasteiger partial charge >= 0.3 is 11.9 Å². The molecule has 0 aliphatic heterocycles. The molecule has 0 radical (unpaired) electrons. The molecule has 0 amide bonds. The topological polar surface area (TPSA) is 69.7 Å². The lowest BCUT2D eigenvalue weighted by Gasteiger charge is -2.08. The lowest BCUT2D eigenvalue weighted by atomic mass is 10.0. The highest BCUT2D eigenvalue weighted by Crippen LogP contribution is 2.27. The highest BCUT2D eigenvalue weighted by atomic mass is 35.5. The minimum absolute atomic E-state index is 0.0576. The molecule has 0 aliphatic carbocycles. The van der Waals surface area contributed by atoms with Gasteiger partial charge in [0.05, 0.1) is 29.8 Å². The van der Waals surface area contributed by atoms with Crippen molar-refractivity contribution in [1.82, 2.24) is 0 Å². The van der Waals surface area contributed by atoms with E-state index < -0.39 is 23.3 Å². The van der Waals surface area contributed by atoms with Crippen LogP contribution in [-0.4, -0.2) is 31.9 Å². The zero-order valence-electron chi connectivity index (χ0n) is 10.6. The van der Waals surface area contributed by atoms with Gasteiger partial charge in [0.2, 0.25) is 5.78 Å². The Morgan fingerprint density at radius 3 is 2.05 bits per heavy atom. The van der Waals surface area contributed by atoms with Gasteiger partial charge in [-0.2, -0.15) is 0 Å². The standard InChI is InChI=1S/C13H10Cl2O5/c1-19-10(16)6-7(13(18)20-2)12(17)11-8(14)4-3-5-9(11)15/h3-6H,1-2H3/b7-6+. The predicted octanol–water partition coefficient (Wildman–Crippen LogP) is 2.45. The van der Waals surface area contributed by atoms with Gasteiger partial charge < -0.3 is 9.47 Å². The monoisotopic (exact) mass is 316 g/mol. The third kappa shape index (κ3) is 3.59. The number of benzene rings is 1. The van der Waals surface area contributed by atoms with Crippen LogP contribution in [0, 0.1) is 0 Å². The summed E-state index contributed by atoms with van der Waals surface area (Å²) in [6.45, 7) is 0. The van der Waals surface area contributed by atoms with Crippen molar-refractivity contribution in [3.05, 3.63) is 45.5 Å². The van der Waals surface area contributed by atoms with E-state index in [4.69, 9.17) is 23.2 Å². The summed E-state index contributed by atoms with van der Waals surface area (Å²) in [6, 6.07) is 4.42. The molecule has 0 N–H and O–H groups in total. The lowest BCUT2D eigenvalue weighted by molar-refractivity contribution is -0.138. The largest absolute Gasteiger partial charge is 0.466 e. The second kappa shape index (κ2) is 7.07. The van der Waals surface area contributed by atoms with Gasteiger partial charge in [0, 0.05) is 6.08 Å². The van der Waals surface area contributed by atoms with Crippen LogP contribution in [-0.2, 0) is 19.1 Å². The second-order valence-corrected chi connectivity index (χ2v) is 4.31. The van der Waals surface area contributed by atoms with Crippen molar-refractivity contribution in [3.8, 4) is 0 Å². The number of carbonyl (C=O) groups is 3. The van der Waals surface area contributed by atoms with Crippen LogP contribution in [0.2, 0.25) is 10.0 Å². The molecular weight excluding hydrogens is 307 g/mol. The van der Waals surface area contributed by atoms with Crippen LogP contribution in [0.5, 0.6) is 0 Å². The number of ketones is 1. The van der Waals surface area contributed by atoms with E-state index in [1.807, 2.05) is 0 Å². The Morgan fingerprint density at radius 1 is 1.05 bits per heavy atom. The van der Waals surface area contributed by atoms with Crippen molar-refractivity contribution >= 4 is 40.9 Å². The Morgan fingerprint density at radius 2 is 1.60 bits per heavy atom. The number of hydrogen-bond acceptors (Lipinski definition) is 5. The molecule has 1 rings (SSSR count). The van der Waals surface area contributed by atoms with Gasteiger partial charge in [-0.1, -0.05) is 29.3 Å². The zero-order valence-corrected chi connectivity index (χ0v) is 12.1. The molecule has 20 heavy (non-hydrogen) atoms. The van der Waals surface area contributed by atoms with Crippen molar-refractivity contribution in [2.75, 3.05) is 14.2 Å². The minimum atomic E-state index is -0.989. The summed E-state index contributed by atoms with van der Waals surface area (Å²) in [7, 11) is 2.19. The van der Waals surface area contributed by atoms with Crippen molar-refractivity contribution in [1.29, 1.82) is 0 Å². The average Bonchev–Trinajstić information content (AvgIpc) is 2.43. The first-order valence-electron chi connectivity index (χ1n) is 5.29. The van der Waals surface area contributed by atoms with Crippen LogP contribution >= 0.6 is 23.2 Å². The maximum absolute atomic E-state index is 12.3. The Labute approximate surface area is 125 Å². The number of halogens is 2. The summed E-state index contributed by atoms with van der Waals surface area (Å²) in [6.07, 6.45) is 0.730. The van der Waals surface area contributed by atoms with E-state index in [0.717, 1.165) is 20.3 Å². The van der Waals surface area contributed by atoms with Gasteiger partial charge in [0.25, 0.3) is 0 Å². The quantitative estimate of drug-likeness (QED) is 0.280. The summed E-state index contributed by atoms with van der Waals surface area (Å²) in [5.74, 6) is -2.68. The van der Waals surface area contributed by atoms with E-state index in [-0.39, 0.29) is 15.6 Å². The normalized spacial score (nSPS) is 10.9. The minimum Gasteiger partial charge on any atom is -0.466 e. The van der Waals surface area contributed by atoms with Crippen LogP contribution in [0.4, 0.5) is 0 Å². The van der Waals surface area contributed by atoms with Crippen LogP contribution < -0.4 is 0 Å². The molecule has 1 aromatic rings.